The molecule has 3 atom stereocenters. The van der Waals surface area contributed by atoms with Crippen LogP contribution in [0.4, 0.5) is 5.82 Å². The van der Waals surface area contributed by atoms with Crippen LogP contribution in [-0.4, -0.2) is 78.5 Å². The first-order chi connectivity index (χ1) is 19.1. The first-order valence-electron chi connectivity index (χ1n) is 14.3. The maximum atomic E-state index is 12.8. The summed E-state index contributed by atoms with van der Waals surface area (Å²) in [6.45, 7) is 6.41. The second-order valence-electron chi connectivity index (χ2n) is 11.4. The summed E-state index contributed by atoms with van der Waals surface area (Å²) in [7, 11) is 0. The molecule has 1 aromatic carbocycles. The van der Waals surface area contributed by atoms with Crippen LogP contribution in [0, 0.1) is 23.2 Å². The summed E-state index contributed by atoms with van der Waals surface area (Å²) >= 11 is 6.12. The van der Waals surface area contributed by atoms with Gasteiger partial charge in [0.1, 0.15) is 11.8 Å². The van der Waals surface area contributed by atoms with Crippen LogP contribution < -0.4 is 20.3 Å². The molecule has 4 fully saturated rings. The van der Waals surface area contributed by atoms with Crippen molar-refractivity contribution in [3.63, 3.8) is 0 Å². The molecular weight excluding hydrogens is 514 g/mol. The Morgan fingerprint density at radius 1 is 1.03 bits per heavy atom. The Hall–Kier alpha value is -2.93. The molecule has 4 aliphatic rings. The molecule has 1 amide bonds. The number of hydrogen-bond donors (Lipinski definition) is 2. The minimum Gasteiger partial charge on any atom is -0.490 e. The Labute approximate surface area is 234 Å². The summed E-state index contributed by atoms with van der Waals surface area (Å²) in [4.78, 5) is 17.8. The fraction of sp³-hybridized carbons (Fsp3) is 0.586. The fourth-order valence-corrected chi connectivity index (χ4v) is 7.01. The second-order valence-corrected chi connectivity index (χ2v) is 11.8. The molecule has 1 unspecified atom stereocenters. The van der Waals surface area contributed by atoms with E-state index in [2.05, 4.69) is 36.7 Å². The Bertz CT molecular complexity index is 1190. The Balaban J connectivity index is 0.939. The highest BCUT2D eigenvalue weighted by Crippen LogP contribution is 2.37. The molecule has 0 spiro atoms. The highest BCUT2D eigenvalue weighted by Gasteiger charge is 2.40. The van der Waals surface area contributed by atoms with E-state index in [4.69, 9.17) is 21.6 Å². The van der Waals surface area contributed by atoms with E-state index in [1.54, 1.807) is 24.3 Å². The number of carbonyl (C=O) groups excluding carboxylic acids is 1. The van der Waals surface area contributed by atoms with Gasteiger partial charge in [-0.1, -0.05) is 11.6 Å². The molecule has 0 bridgehead atoms. The predicted octanol–water partition coefficient (Wildman–Crippen LogP) is 3.24. The van der Waals surface area contributed by atoms with E-state index in [0.29, 0.717) is 22.0 Å². The largest absolute Gasteiger partial charge is 0.490 e. The lowest BCUT2D eigenvalue weighted by molar-refractivity contribution is 0.0888. The quantitative estimate of drug-likeness (QED) is 0.565. The van der Waals surface area contributed by atoms with Gasteiger partial charge >= 0.3 is 0 Å². The van der Waals surface area contributed by atoms with E-state index in [0.717, 1.165) is 75.6 Å². The van der Waals surface area contributed by atoms with Crippen LogP contribution in [0.15, 0.2) is 30.3 Å². The second kappa shape index (κ2) is 11.7. The third kappa shape index (κ3) is 5.98. The van der Waals surface area contributed by atoms with Crippen molar-refractivity contribution >= 4 is 23.3 Å². The van der Waals surface area contributed by atoms with E-state index in [-0.39, 0.29) is 18.1 Å². The Morgan fingerprint density at radius 2 is 1.77 bits per heavy atom. The van der Waals surface area contributed by atoms with Gasteiger partial charge in [-0.25, -0.2) is 0 Å². The summed E-state index contributed by atoms with van der Waals surface area (Å²) in [5.41, 5.74) is 0.794. The van der Waals surface area contributed by atoms with Crippen LogP contribution >= 0.6 is 11.6 Å². The van der Waals surface area contributed by atoms with Gasteiger partial charge in [0.15, 0.2) is 11.5 Å². The van der Waals surface area contributed by atoms with Gasteiger partial charge in [-0.15, -0.1) is 10.2 Å². The lowest BCUT2D eigenvalue weighted by atomic mass is 9.93. The van der Waals surface area contributed by atoms with Crippen LogP contribution in [0.1, 0.15) is 54.6 Å². The minimum atomic E-state index is -0.177. The SMILES string of the molecule is N#Cc1ccc(OC2CCC(NC(=O)c3ccc(N4CCN(C5C[C@H]6CNC[C@H]6C5)CC4)nn3)CC2)cc1Cl. The fourth-order valence-electron chi connectivity index (χ4n) is 6.80. The normalized spacial score (nSPS) is 29.0. The van der Waals surface area contributed by atoms with Gasteiger partial charge in [0.25, 0.3) is 5.91 Å². The molecule has 10 heteroatoms. The monoisotopic (exact) mass is 549 g/mol. The molecule has 9 nitrogen and oxygen atoms in total. The van der Waals surface area contributed by atoms with Crippen molar-refractivity contribution < 1.29 is 9.53 Å². The number of hydrogen-bond acceptors (Lipinski definition) is 8. The van der Waals surface area contributed by atoms with Crippen LogP contribution in [0.2, 0.25) is 5.02 Å². The van der Waals surface area contributed by atoms with Crippen molar-refractivity contribution in [2.45, 2.75) is 56.7 Å². The molecule has 39 heavy (non-hydrogen) atoms. The average Bonchev–Trinajstić information content (AvgIpc) is 3.58. The highest BCUT2D eigenvalue weighted by molar-refractivity contribution is 6.31. The number of benzene rings is 1. The number of fused-ring (bicyclic) bond motifs is 1. The maximum absolute atomic E-state index is 12.8. The number of nitriles is 1. The molecule has 2 N–H and O–H groups in total. The minimum absolute atomic E-state index is 0.0620. The molecule has 1 aromatic heterocycles. The Kier molecular flexibility index (Phi) is 7.87. The highest BCUT2D eigenvalue weighted by atomic mass is 35.5. The van der Waals surface area contributed by atoms with E-state index in [9.17, 15) is 4.79 Å². The number of ether oxygens (including phenoxy) is 1. The molecule has 2 aromatic rings. The van der Waals surface area contributed by atoms with Crippen molar-refractivity contribution in [3.8, 4) is 11.8 Å². The van der Waals surface area contributed by atoms with Crippen LogP contribution in [0.3, 0.4) is 0 Å². The number of halogens is 1. The van der Waals surface area contributed by atoms with Crippen LogP contribution in [-0.2, 0) is 0 Å². The molecule has 2 saturated heterocycles. The molecule has 3 heterocycles. The molecule has 206 valence electrons. The molecular formula is C29H36ClN7O2. The van der Waals surface area contributed by atoms with Gasteiger partial charge in [-0.2, -0.15) is 5.26 Å². The summed E-state index contributed by atoms with van der Waals surface area (Å²) in [6.07, 6.45) is 6.05. The smallest absolute Gasteiger partial charge is 0.272 e. The number of rotatable bonds is 6. The zero-order chi connectivity index (χ0) is 26.8. The molecule has 2 saturated carbocycles. The van der Waals surface area contributed by atoms with Gasteiger partial charge in [0.2, 0.25) is 0 Å². The number of nitrogens with one attached hydrogen (secondary N) is 2. The average molecular weight is 550 g/mol. The number of aromatic nitrogens is 2. The van der Waals surface area contributed by atoms with Gasteiger partial charge in [-0.3, -0.25) is 9.69 Å². The number of nitrogens with zero attached hydrogens (tertiary/aromatic N) is 5. The number of carbonyl (C=O) groups is 1. The van der Waals surface area contributed by atoms with E-state index in [1.165, 1.54) is 25.9 Å². The van der Waals surface area contributed by atoms with Crippen molar-refractivity contribution in [1.82, 2.24) is 25.7 Å². The van der Waals surface area contributed by atoms with E-state index in [1.807, 2.05) is 6.07 Å². The summed E-state index contributed by atoms with van der Waals surface area (Å²) in [5.74, 6) is 3.08. The number of piperazine rings is 1. The third-order valence-corrected chi connectivity index (χ3v) is 9.35. The lowest BCUT2D eigenvalue weighted by Crippen LogP contribution is -2.50. The Morgan fingerprint density at radius 3 is 2.41 bits per heavy atom. The molecule has 6 rings (SSSR count). The predicted molar refractivity (Wildman–Crippen MR) is 149 cm³/mol. The van der Waals surface area contributed by atoms with Crippen molar-refractivity contribution in [1.29, 1.82) is 5.26 Å². The molecule has 2 aliphatic carbocycles. The van der Waals surface area contributed by atoms with Crippen molar-refractivity contribution in [2.75, 3.05) is 44.2 Å². The van der Waals surface area contributed by atoms with Gasteiger partial charge in [0, 0.05) is 44.3 Å². The summed E-state index contributed by atoms with van der Waals surface area (Å²) < 4.78 is 6.06. The summed E-state index contributed by atoms with van der Waals surface area (Å²) in [5, 5.41) is 24.7. The van der Waals surface area contributed by atoms with Gasteiger partial charge in [-0.05, 0) is 87.7 Å². The van der Waals surface area contributed by atoms with E-state index < -0.39 is 0 Å². The topological polar surface area (TPSA) is 106 Å². The zero-order valence-corrected chi connectivity index (χ0v) is 22.9. The number of amides is 1. The summed E-state index contributed by atoms with van der Waals surface area (Å²) in [6, 6.07) is 11.7. The van der Waals surface area contributed by atoms with Crippen molar-refractivity contribution in [2.24, 2.45) is 11.8 Å². The molecule has 0 radical (unpaired) electrons. The first-order valence-corrected chi connectivity index (χ1v) is 14.6. The van der Waals surface area contributed by atoms with Crippen LogP contribution in [0.25, 0.3) is 0 Å². The van der Waals surface area contributed by atoms with Gasteiger partial charge in [0.05, 0.1) is 16.7 Å². The van der Waals surface area contributed by atoms with E-state index >= 15 is 0 Å². The first kappa shape index (κ1) is 26.3. The lowest BCUT2D eigenvalue weighted by Gasteiger charge is -2.38. The third-order valence-electron chi connectivity index (χ3n) is 9.04. The maximum Gasteiger partial charge on any atom is 0.272 e. The molecule has 2 aliphatic heterocycles. The van der Waals surface area contributed by atoms with Crippen LogP contribution in [0.5, 0.6) is 5.75 Å². The standard InChI is InChI=1S/C29H36ClN7O2/c30-26-15-25(4-1-19(26)16-31)39-24-5-2-22(3-6-24)33-29(38)27-7-8-28(35-34-27)37-11-9-36(10-12-37)23-13-20-17-32-18-21(20)14-23/h1,4,7-8,15,20-24,32H,2-3,5-6,9-14,17-18H2,(H,33,38)/t20-,21+,22?,23?,24?. The zero-order valence-electron chi connectivity index (χ0n) is 22.2. The van der Waals surface area contributed by atoms with Gasteiger partial charge < -0.3 is 20.3 Å². The van der Waals surface area contributed by atoms with Crippen molar-refractivity contribution in [3.05, 3.63) is 46.6 Å². The number of anilines is 1.